The van der Waals surface area contributed by atoms with E-state index in [2.05, 4.69) is 15.3 Å². The van der Waals surface area contributed by atoms with Crippen LogP contribution in [0.4, 0.5) is 0 Å². The van der Waals surface area contributed by atoms with Gasteiger partial charge < -0.3 is 15.0 Å². The second-order valence-corrected chi connectivity index (χ2v) is 5.49. The molecule has 0 saturated carbocycles. The Balaban J connectivity index is 1.70. The van der Waals surface area contributed by atoms with Crippen molar-refractivity contribution in [1.29, 1.82) is 0 Å². The van der Waals surface area contributed by atoms with Crippen molar-refractivity contribution >= 4 is 17.7 Å². The molecule has 0 radical (unpaired) electrons. The van der Waals surface area contributed by atoms with E-state index < -0.39 is 5.69 Å². The van der Waals surface area contributed by atoms with E-state index in [0.29, 0.717) is 11.6 Å². The molecule has 0 saturated heterocycles. The van der Waals surface area contributed by atoms with Gasteiger partial charge in [-0.3, -0.25) is 4.79 Å². The van der Waals surface area contributed by atoms with Gasteiger partial charge in [0.1, 0.15) is 5.75 Å². The van der Waals surface area contributed by atoms with Crippen LogP contribution in [0.2, 0.25) is 0 Å². The molecule has 2 aromatic rings. The lowest BCUT2D eigenvalue weighted by molar-refractivity contribution is -0.118. The summed E-state index contributed by atoms with van der Waals surface area (Å²) in [4.78, 5) is 28.8. The van der Waals surface area contributed by atoms with Crippen molar-refractivity contribution in [2.24, 2.45) is 0 Å². The van der Waals surface area contributed by atoms with Gasteiger partial charge in [0.15, 0.2) is 0 Å². The van der Waals surface area contributed by atoms with Crippen molar-refractivity contribution in [1.82, 2.24) is 15.3 Å². The standard InChI is InChI=1S/C15H17N3O3S/c1-21-12-4-2-11(3-5-12)6-8-16-13(19)10-22-14-7-9-17-15(20)18-14/h2-5,7,9H,6,8,10H2,1H3,(H,16,19)(H,17,18,20). The number of benzene rings is 1. The highest BCUT2D eigenvalue weighted by atomic mass is 32.2. The number of nitrogens with one attached hydrogen (secondary N) is 2. The number of hydrogen-bond acceptors (Lipinski definition) is 5. The normalized spacial score (nSPS) is 10.2. The van der Waals surface area contributed by atoms with Crippen molar-refractivity contribution in [3.8, 4) is 5.75 Å². The quantitative estimate of drug-likeness (QED) is 0.592. The van der Waals surface area contributed by atoms with E-state index in [1.165, 1.54) is 18.0 Å². The van der Waals surface area contributed by atoms with E-state index in [0.717, 1.165) is 17.7 Å². The highest BCUT2D eigenvalue weighted by molar-refractivity contribution is 7.99. The number of amides is 1. The van der Waals surface area contributed by atoms with Gasteiger partial charge in [-0.1, -0.05) is 23.9 Å². The summed E-state index contributed by atoms with van der Waals surface area (Å²) >= 11 is 1.27. The molecule has 6 nitrogen and oxygen atoms in total. The predicted molar refractivity (Wildman–Crippen MR) is 85.3 cm³/mol. The largest absolute Gasteiger partial charge is 0.497 e. The maximum absolute atomic E-state index is 11.7. The monoisotopic (exact) mass is 319 g/mol. The minimum Gasteiger partial charge on any atom is -0.497 e. The number of H-pyrrole nitrogens is 1. The number of aromatic amines is 1. The van der Waals surface area contributed by atoms with E-state index in [9.17, 15) is 9.59 Å². The van der Waals surface area contributed by atoms with Gasteiger partial charge in [0.2, 0.25) is 5.91 Å². The lowest BCUT2D eigenvalue weighted by atomic mass is 10.1. The topological polar surface area (TPSA) is 84.1 Å². The molecule has 22 heavy (non-hydrogen) atoms. The zero-order valence-corrected chi connectivity index (χ0v) is 13.0. The molecule has 1 heterocycles. The van der Waals surface area contributed by atoms with Crippen molar-refractivity contribution in [2.75, 3.05) is 19.4 Å². The highest BCUT2D eigenvalue weighted by Gasteiger charge is 2.03. The van der Waals surface area contributed by atoms with Crippen molar-refractivity contribution in [3.05, 3.63) is 52.6 Å². The maximum atomic E-state index is 11.7. The molecule has 116 valence electrons. The first-order valence-corrected chi connectivity index (χ1v) is 7.73. The summed E-state index contributed by atoms with van der Waals surface area (Å²) in [5.74, 6) is 0.995. The predicted octanol–water partition coefficient (Wildman–Crippen LogP) is 1.23. The Morgan fingerprint density at radius 2 is 2.09 bits per heavy atom. The molecule has 0 aliphatic carbocycles. The second-order valence-electron chi connectivity index (χ2n) is 4.48. The van der Waals surface area contributed by atoms with E-state index in [1.54, 1.807) is 13.2 Å². The van der Waals surface area contributed by atoms with Gasteiger partial charge in [-0.25, -0.2) is 9.78 Å². The highest BCUT2D eigenvalue weighted by Crippen LogP contribution is 2.12. The van der Waals surface area contributed by atoms with E-state index >= 15 is 0 Å². The average Bonchev–Trinajstić information content (AvgIpc) is 2.54. The number of carbonyl (C=O) groups is 1. The SMILES string of the molecule is COc1ccc(CCNC(=O)CSc2ccnc(=O)[nH]2)cc1. The summed E-state index contributed by atoms with van der Waals surface area (Å²) < 4.78 is 5.09. The molecular weight excluding hydrogens is 302 g/mol. The molecule has 0 aliphatic rings. The summed E-state index contributed by atoms with van der Waals surface area (Å²) in [5.41, 5.74) is 0.720. The van der Waals surface area contributed by atoms with Crippen LogP contribution in [0.5, 0.6) is 5.75 Å². The number of methoxy groups -OCH3 is 1. The van der Waals surface area contributed by atoms with Gasteiger partial charge in [-0.05, 0) is 30.2 Å². The summed E-state index contributed by atoms with van der Waals surface area (Å²) in [6, 6.07) is 9.40. The fourth-order valence-electron chi connectivity index (χ4n) is 1.77. The van der Waals surface area contributed by atoms with E-state index in [-0.39, 0.29) is 11.7 Å². The van der Waals surface area contributed by atoms with E-state index in [4.69, 9.17) is 4.74 Å². The summed E-state index contributed by atoms with van der Waals surface area (Å²) in [5, 5.41) is 3.48. The third-order valence-corrected chi connectivity index (χ3v) is 3.86. The molecule has 2 rings (SSSR count). The van der Waals surface area contributed by atoms with Crippen LogP contribution in [-0.4, -0.2) is 35.3 Å². The number of thioether (sulfide) groups is 1. The molecular formula is C15H17N3O3S. The number of carbonyl (C=O) groups excluding carboxylic acids is 1. The second kappa shape index (κ2) is 8.23. The Kier molecular flexibility index (Phi) is 6.02. The third kappa shape index (κ3) is 5.25. The molecule has 0 unspecified atom stereocenters. The Labute approximate surface area is 132 Å². The van der Waals surface area contributed by atoms with Crippen molar-refractivity contribution in [2.45, 2.75) is 11.4 Å². The zero-order valence-electron chi connectivity index (χ0n) is 12.2. The van der Waals surface area contributed by atoms with Gasteiger partial charge in [-0.15, -0.1) is 0 Å². The molecule has 0 spiro atoms. The minimum atomic E-state index is -0.412. The first kappa shape index (κ1) is 16.1. The number of rotatable bonds is 7. The van der Waals surface area contributed by atoms with Crippen LogP contribution in [0, 0.1) is 0 Å². The van der Waals surface area contributed by atoms with Crippen molar-refractivity contribution < 1.29 is 9.53 Å². The molecule has 1 aromatic heterocycles. The maximum Gasteiger partial charge on any atom is 0.345 e. The molecule has 7 heteroatoms. The summed E-state index contributed by atoms with van der Waals surface area (Å²) in [6.07, 6.45) is 2.18. The van der Waals surface area contributed by atoms with Crippen LogP contribution in [0.3, 0.4) is 0 Å². The fraction of sp³-hybridized carbons (Fsp3) is 0.267. The fourth-order valence-corrected chi connectivity index (χ4v) is 2.47. The summed E-state index contributed by atoms with van der Waals surface area (Å²) in [7, 11) is 1.63. The molecule has 0 fully saturated rings. The molecule has 1 amide bonds. The smallest absolute Gasteiger partial charge is 0.345 e. The van der Waals surface area contributed by atoms with E-state index in [1.807, 2.05) is 24.3 Å². The van der Waals surface area contributed by atoms with Crippen LogP contribution in [0.1, 0.15) is 5.56 Å². The molecule has 0 bridgehead atoms. The van der Waals surface area contributed by atoms with Gasteiger partial charge >= 0.3 is 5.69 Å². The molecule has 1 aromatic carbocycles. The number of aromatic nitrogens is 2. The third-order valence-electron chi connectivity index (χ3n) is 2.90. The van der Waals surface area contributed by atoms with Crippen LogP contribution in [0.25, 0.3) is 0 Å². The zero-order chi connectivity index (χ0) is 15.8. The Bertz CT molecular complexity index is 670. The number of ether oxygens (including phenoxy) is 1. The first-order valence-electron chi connectivity index (χ1n) is 6.75. The lowest BCUT2D eigenvalue weighted by Crippen LogP contribution is -2.27. The molecule has 0 aliphatic heterocycles. The minimum absolute atomic E-state index is 0.0730. The molecule has 2 N–H and O–H groups in total. The van der Waals surface area contributed by atoms with Crippen LogP contribution < -0.4 is 15.7 Å². The van der Waals surface area contributed by atoms with Crippen LogP contribution in [0.15, 0.2) is 46.3 Å². The Hall–Kier alpha value is -2.28. The van der Waals surface area contributed by atoms with Crippen LogP contribution >= 0.6 is 11.8 Å². The van der Waals surface area contributed by atoms with Crippen LogP contribution in [-0.2, 0) is 11.2 Å². The average molecular weight is 319 g/mol. The lowest BCUT2D eigenvalue weighted by Gasteiger charge is -2.06. The van der Waals surface area contributed by atoms with Crippen molar-refractivity contribution in [3.63, 3.8) is 0 Å². The Morgan fingerprint density at radius 1 is 1.32 bits per heavy atom. The van der Waals surface area contributed by atoms with Gasteiger partial charge in [-0.2, -0.15) is 0 Å². The van der Waals surface area contributed by atoms with Gasteiger partial charge in [0.25, 0.3) is 0 Å². The summed E-state index contributed by atoms with van der Waals surface area (Å²) in [6.45, 7) is 0.568. The Morgan fingerprint density at radius 3 is 2.77 bits per heavy atom. The molecule has 0 atom stereocenters. The number of hydrogen-bond donors (Lipinski definition) is 2. The number of nitrogens with zero attached hydrogens (tertiary/aromatic N) is 1. The van der Waals surface area contributed by atoms with Gasteiger partial charge in [0.05, 0.1) is 17.9 Å². The van der Waals surface area contributed by atoms with Gasteiger partial charge in [0, 0.05) is 12.7 Å². The first-order chi connectivity index (χ1) is 10.7.